The van der Waals surface area contributed by atoms with Gasteiger partial charge in [0.05, 0.1) is 0 Å². The van der Waals surface area contributed by atoms with Crippen LogP contribution in [0.3, 0.4) is 0 Å². The van der Waals surface area contributed by atoms with Gasteiger partial charge in [-0.1, -0.05) is 48.5 Å². The Bertz CT molecular complexity index is 378. The number of hydrogen-bond acceptors (Lipinski definition) is 3. The quantitative estimate of drug-likeness (QED) is 0.298. The Morgan fingerprint density at radius 1 is 0.793 bits per heavy atom. The Morgan fingerprint density at radius 2 is 1.31 bits per heavy atom. The first-order valence-corrected chi connectivity index (χ1v) is 12.9. The molecular weight excluding hydrogens is 354 g/mol. The predicted octanol–water partition coefficient (Wildman–Crippen LogP) is 6.24. The van der Waals surface area contributed by atoms with Gasteiger partial charge in [0, 0.05) is 25.7 Å². The second-order valence-electron chi connectivity index (χ2n) is 9.95. The van der Waals surface area contributed by atoms with E-state index in [0.717, 1.165) is 11.8 Å². The third kappa shape index (κ3) is 12.4. The summed E-state index contributed by atoms with van der Waals surface area (Å²) >= 11 is 0. The fourth-order valence-electron chi connectivity index (χ4n) is 4.52. The monoisotopic (exact) mass is 411 g/mol. The topological polar surface area (TPSA) is 9.72 Å². The molecule has 0 bridgehead atoms. The largest absolute Gasteiger partial charge is 0.306 e. The highest BCUT2D eigenvalue weighted by Gasteiger charge is 2.41. The highest BCUT2D eigenvalue weighted by molar-refractivity contribution is 4.94. The molecule has 176 valence electrons. The van der Waals surface area contributed by atoms with Crippen molar-refractivity contribution in [3.05, 3.63) is 0 Å². The third-order valence-corrected chi connectivity index (χ3v) is 6.94. The van der Waals surface area contributed by atoms with Gasteiger partial charge in [0.25, 0.3) is 0 Å². The highest BCUT2D eigenvalue weighted by Crippen LogP contribution is 2.49. The van der Waals surface area contributed by atoms with Crippen LogP contribution in [0.4, 0.5) is 0 Å². The van der Waals surface area contributed by atoms with E-state index in [9.17, 15) is 0 Å². The van der Waals surface area contributed by atoms with Crippen LogP contribution in [0.1, 0.15) is 94.4 Å². The lowest BCUT2D eigenvalue weighted by Gasteiger charge is -2.30. The number of rotatable bonds is 16. The Morgan fingerprint density at radius 3 is 1.69 bits per heavy atom. The van der Waals surface area contributed by atoms with Gasteiger partial charge in [-0.05, 0) is 96.4 Å². The maximum absolute atomic E-state index is 2.71. The van der Waals surface area contributed by atoms with E-state index in [-0.39, 0.29) is 0 Å². The van der Waals surface area contributed by atoms with Crippen LogP contribution in [0.5, 0.6) is 0 Å². The zero-order valence-electron chi connectivity index (χ0n) is 22.1. The van der Waals surface area contributed by atoms with Gasteiger partial charge in [-0.3, -0.25) is 0 Å². The Hall–Kier alpha value is -0.120. The van der Waals surface area contributed by atoms with Gasteiger partial charge in [-0.25, -0.2) is 0 Å². The van der Waals surface area contributed by atoms with Gasteiger partial charge in [0.15, 0.2) is 0 Å². The van der Waals surface area contributed by atoms with E-state index in [1.54, 1.807) is 0 Å². The van der Waals surface area contributed by atoms with Crippen LogP contribution in [0.25, 0.3) is 0 Å². The van der Waals surface area contributed by atoms with Gasteiger partial charge in [0.1, 0.15) is 0 Å². The van der Waals surface area contributed by atoms with Crippen molar-refractivity contribution in [3.63, 3.8) is 0 Å². The molecule has 1 aliphatic rings. The minimum Gasteiger partial charge on any atom is -0.306 e. The van der Waals surface area contributed by atoms with Crippen LogP contribution in [0.15, 0.2) is 0 Å². The molecule has 1 aliphatic carbocycles. The molecule has 0 radical (unpaired) electrons. The van der Waals surface area contributed by atoms with Crippen molar-refractivity contribution in [3.8, 4) is 0 Å². The number of nitrogens with zero attached hydrogens (tertiary/aromatic N) is 3. The lowest BCUT2D eigenvalue weighted by molar-refractivity contribution is 0.181. The molecule has 2 atom stereocenters. The fraction of sp³-hybridized carbons (Fsp3) is 1.00. The molecule has 1 fully saturated rings. The summed E-state index contributed by atoms with van der Waals surface area (Å²) in [5, 5.41) is 0. The maximum Gasteiger partial charge on any atom is 0.00384 e. The van der Waals surface area contributed by atoms with Gasteiger partial charge in [-0.15, -0.1) is 0 Å². The van der Waals surface area contributed by atoms with Gasteiger partial charge >= 0.3 is 0 Å². The summed E-state index contributed by atoms with van der Waals surface area (Å²) < 4.78 is 0. The van der Waals surface area contributed by atoms with E-state index in [1.165, 1.54) is 77.9 Å². The molecule has 0 aromatic carbocycles. The third-order valence-electron chi connectivity index (χ3n) is 6.94. The molecule has 0 amide bonds. The molecule has 3 heteroatoms. The van der Waals surface area contributed by atoms with E-state index < -0.39 is 0 Å². The Labute approximate surface area is 185 Å². The zero-order chi connectivity index (χ0) is 22.4. The number of hydrogen-bond donors (Lipinski definition) is 0. The molecule has 3 nitrogen and oxygen atoms in total. The molecular formula is C26H57N3. The summed E-state index contributed by atoms with van der Waals surface area (Å²) in [5.74, 6) is 1.57. The summed E-state index contributed by atoms with van der Waals surface area (Å²) in [7, 11) is 2.32. The second-order valence-corrected chi connectivity index (χ2v) is 9.95. The molecule has 0 aliphatic heterocycles. The van der Waals surface area contributed by atoms with E-state index >= 15 is 0 Å². The summed E-state index contributed by atoms with van der Waals surface area (Å²) in [6.07, 6.45) is 6.94. The first-order valence-electron chi connectivity index (χ1n) is 12.9. The smallest absolute Gasteiger partial charge is 0.00384 e. The summed E-state index contributed by atoms with van der Waals surface area (Å²) in [4.78, 5) is 7.87. The average Bonchev–Trinajstić information content (AvgIpc) is 3.46. The van der Waals surface area contributed by atoms with Gasteiger partial charge in [-0.2, -0.15) is 0 Å². The van der Waals surface area contributed by atoms with Crippen LogP contribution >= 0.6 is 0 Å². The minimum absolute atomic E-state index is 0.670. The zero-order valence-corrected chi connectivity index (χ0v) is 22.1. The molecule has 0 N–H and O–H groups in total. The van der Waals surface area contributed by atoms with E-state index in [2.05, 4.69) is 70.2 Å². The van der Waals surface area contributed by atoms with Crippen molar-refractivity contribution >= 4 is 0 Å². The molecule has 0 aromatic heterocycles. The van der Waals surface area contributed by atoms with Crippen molar-refractivity contribution in [2.75, 3.05) is 52.9 Å². The first-order chi connectivity index (χ1) is 13.7. The minimum atomic E-state index is 0.670. The van der Waals surface area contributed by atoms with E-state index in [0.29, 0.717) is 11.5 Å². The fourth-order valence-corrected chi connectivity index (χ4v) is 4.52. The predicted molar refractivity (Wildman–Crippen MR) is 133 cm³/mol. The molecule has 2 unspecified atom stereocenters. The van der Waals surface area contributed by atoms with Crippen LogP contribution < -0.4 is 0 Å². The molecule has 0 heterocycles. The van der Waals surface area contributed by atoms with Crippen molar-refractivity contribution in [2.24, 2.45) is 17.3 Å². The molecule has 0 saturated heterocycles. The lowest BCUT2D eigenvalue weighted by Crippen LogP contribution is -2.35. The maximum atomic E-state index is 2.71. The van der Waals surface area contributed by atoms with Crippen molar-refractivity contribution < 1.29 is 0 Å². The Kier molecular flexibility index (Phi) is 15.6. The standard InChI is InChI=1S/C24H51N3.C2H6/c1-9-24(14-15-24)20-26(10-2)16-12-22(6)18-25(8)19-23(7)13-17-27(11-3)21(4)5;1-2/h21-23H,9-20H2,1-8H3;1-2H3. The normalized spacial score (nSPS) is 17.6. The van der Waals surface area contributed by atoms with Gasteiger partial charge in [0.2, 0.25) is 0 Å². The SMILES string of the molecule is CC.CCN(CCC(C)CN(C)CC(C)CCN(CC)C(C)C)CC1(CC)CC1. The van der Waals surface area contributed by atoms with Gasteiger partial charge < -0.3 is 14.7 Å². The summed E-state index contributed by atoms with van der Waals surface area (Å²) in [5.41, 5.74) is 0.688. The van der Waals surface area contributed by atoms with E-state index in [1.807, 2.05) is 13.8 Å². The van der Waals surface area contributed by atoms with Crippen LogP contribution in [0, 0.1) is 17.3 Å². The summed E-state index contributed by atoms with van der Waals surface area (Å²) in [6, 6.07) is 0.670. The second kappa shape index (κ2) is 15.6. The molecule has 1 rings (SSSR count). The summed E-state index contributed by atoms with van der Waals surface area (Å²) in [6.45, 7) is 29.2. The van der Waals surface area contributed by atoms with Crippen molar-refractivity contribution in [1.82, 2.24) is 14.7 Å². The van der Waals surface area contributed by atoms with E-state index in [4.69, 9.17) is 0 Å². The van der Waals surface area contributed by atoms with Crippen LogP contribution in [0.2, 0.25) is 0 Å². The molecule has 0 spiro atoms. The average molecular weight is 412 g/mol. The van der Waals surface area contributed by atoms with Crippen LogP contribution in [-0.4, -0.2) is 73.6 Å². The first kappa shape index (κ1) is 28.9. The van der Waals surface area contributed by atoms with Crippen molar-refractivity contribution in [1.29, 1.82) is 0 Å². The van der Waals surface area contributed by atoms with Crippen LogP contribution in [-0.2, 0) is 0 Å². The highest BCUT2D eigenvalue weighted by atomic mass is 15.1. The lowest BCUT2D eigenvalue weighted by atomic mass is 10.0. The Balaban J connectivity index is 0.00000379. The molecule has 1 saturated carbocycles. The molecule has 0 aromatic rings. The molecule has 29 heavy (non-hydrogen) atoms. The van der Waals surface area contributed by atoms with Crippen molar-refractivity contribution in [2.45, 2.75) is 100 Å².